The minimum atomic E-state index is -0.709. The highest BCUT2D eigenvalue weighted by atomic mass is 79.9. The molecule has 0 fully saturated rings. The van der Waals surface area contributed by atoms with Gasteiger partial charge in [-0.2, -0.15) is 0 Å². The molecule has 0 saturated carbocycles. The number of benzene rings is 1. The number of carbonyl (C=O) groups excluding carboxylic acids is 2. The number of carbonyl (C=O) groups is 2. The van der Waals surface area contributed by atoms with E-state index in [1.165, 1.54) is 7.11 Å². The van der Waals surface area contributed by atoms with Crippen molar-refractivity contribution in [1.82, 2.24) is 0 Å². The van der Waals surface area contributed by atoms with Gasteiger partial charge in [0.2, 0.25) is 5.88 Å². The minimum Gasteiger partial charge on any atom is -0.494 e. The number of hydrogen-bond donors (Lipinski definition) is 1. The fraction of sp³-hybridized carbons (Fsp3) is 0.429. The summed E-state index contributed by atoms with van der Waals surface area (Å²) in [5.74, 6) is -0.348. The highest BCUT2D eigenvalue weighted by Gasteiger charge is 2.45. The van der Waals surface area contributed by atoms with Gasteiger partial charge in [0.15, 0.2) is 5.78 Å². The first-order valence-corrected chi connectivity index (χ1v) is 9.92. The third-order valence-electron chi connectivity index (χ3n) is 4.94. The Labute approximate surface area is 172 Å². The van der Waals surface area contributed by atoms with E-state index in [-0.39, 0.29) is 22.7 Å². The largest absolute Gasteiger partial charge is 0.494 e. The van der Waals surface area contributed by atoms with Crippen molar-refractivity contribution in [2.45, 2.75) is 39.5 Å². The number of rotatable bonds is 4. The Morgan fingerprint density at radius 2 is 2.07 bits per heavy atom. The van der Waals surface area contributed by atoms with Crippen LogP contribution in [0.1, 0.15) is 45.1 Å². The van der Waals surface area contributed by atoms with Crippen molar-refractivity contribution in [1.29, 1.82) is 0 Å². The highest BCUT2D eigenvalue weighted by Crippen LogP contribution is 2.50. The van der Waals surface area contributed by atoms with Gasteiger partial charge in [0.1, 0.15) is 17.1 Å². The van der Waals surface area contributed by atoms with E-state index in [1.54, 1.807) is 6.07 Å². The highest BCUT2D eigenvalue weighted by molar-refractivity contribution is 9.10. The molecule has 1 aliphatic heterocycles. The van der Waals surface area contributed by atoms with Gasteiger partial charge < -0.3 is 19.9 Å². The fourth-order valence-corrected chi connectivity index (χ4v) is 4.22. The second kappa shape index (κ2) is 7.62. The van der Waals surface area contributed by atoms with Crippen molar-refractivity contribution in [3.8, 4) is 5.75 Å². The maximum absolute atomic E-state index is 13.1. The monoisotopic (exact) mass is 449 g/mol. The van der Waals surface area contributed by atoms with Crippen LogP contribution in [0.3, 0.4) is 0 Å². The lowest BCUT2D eigenvalue weighted by molar-refractivity contribution is -0.136. The van der Waals surface area contributed by atoms with Crippen LogP contribution in [-0.4, -0.2) is 25.5 Å². The number of esters is 1. The van der Waals surface area contributed by atoms with Crippen molar-refractivity contribution in [2.75, 3.05) is 13.7 Å². The van der Waals surface area contributed by atoms with E-state index < -0.39 is 11.9 Å². The Balaban J connectivity index is 2.27. The second-order valence-corrected chi connectivity index (χ2v) is 8.61. The first-order chi connectivity index (χ1) is 13.2. The van der Waals surface area contributed by atoms with E-state index in [0.717, 1.165) is 4.47 Å². The van der Waals surface area contributed by atoms with E-state index in [1.807, 2.05) is 32.9 Å². The quantitative estimate of drug-likeness (QED) is 0.700. The molecule has 1 atom stereocenters. The zero-order valence-electron chi connectivity index (χ0n) is 16.4. The number of ether oxygens (including phenoxy) is 3. The lowest BCUT2D eigenvalue weighted by Crippen LogP contribution is -2.35. The number of nitrogens with two attached hydrogens (primary N) is 1. The molecule has 150 valence electrons. The molecule has 2 aliphatic rings. The van der Waals surface area contributed by atoms with Crippen LogP contribution >= 0.6 is 15.9 Å². The number of allylic oxidation sites excluding steroid dienone is 2. The molecule has 0 spiro atoms. The van der Waals surface area contributed by atoms with Crippen LogP contribution in [0.2, 0.25) is 0 Å². The molecule has 7 heteroatoms. The van der Waals surface area contributed by atoms with Crippen molar-refractivity contribution >= 4 is 27.7 Å². The van der Waals surface area contributed by atoms with Gasteiger partial charge in [-0.1, -0.05) is 29.8 Å². The summed E-state index contributed by atoms with van der Waals surface area (Å²) in [4.78, 5) is 25.7. The zero-order chi connectivity index (χ0) is 20.6. The number of methoxy groups -OCH3 is 1. The molecule has 2 N–H and O–H groups in total. The van der Waals surface area contributed by atoms with Crippen molar-refractivity contribution in [2.24, 2.45) is 11.1 Å². The van der Waals surface area contributed by atoms with Gasteiger partial charge in [0.25, 0.3) is 0 Å². The molecule has 6 nitrogen and oxygen atoms in total. The predicted molar refractivity (Wildman–Crippen MR) is 107 cm³/mol. The zero-order valence-corrected chi connectivity index (χ0v) is 18.0. The lowest BCUT2D eigenvalue weighted by Gasteiger charge is -2.38. The molecular formula is C21H24BrNO5. The van der Waals surface area contributed by atoms with Gasteiger partial charge in [0, 0.05) is 28.5 Å². The second-order valence-electron chi connectivity index (χ2n) is 7.70. The van der Waals surface area contributed by atoms with Gasteiger partial charge >= 0.3 is 5.97 Å². The number of halogens is 1. The number of Topliss-reactive ketones (excluding diaryl/α,β-unsaturated/α-hetero) is 1. The molecule has 0 aromatic heterocycles. The summed E-state index contributed by atoms with van der Waals surface area (Å²) in [6.45, 7) is 6.33. The SMILES string of the molecule is CCOc1ccc(Br)cc1[C@@H]1C(C(=O)OC)=C(N)OC2=C1C(=O)CC(C)(C)C2. The maximum atomic E-state index is 13.1. The van der Waals surface area contributed by atoms with Gasteiger partial charge in [-0.25, -0.2) is 4.79 Å². The molecule has 1 aliphatic carbocycles. The molecule has 28 heavy (non-hydrogen) atoms. The van der Waals surface area contributed by atoms with Crippen molar-refractivity contribution in [3.63, 3.8) is 0 Å². The third kappa shape index (κ3) is 3.68. The van der Waals surface area contributed by atoms with E-state index in [0.29, 0.717) is 42.1 Å². The van der Waals surface area contributed by atoms with Crippen LogP contribution in [0.5, 0.6) is 5.75 Å². The topological polar surface area (TPSA) is 87.8 Å². The Hall–Kier alpha value is -2.28. The molecule has 1 aromatic carbocycles. The standard InChI is InChI=1S/C21H24BrNO5/c1-5-27-14-7-6-11(22)8-12(14)16-17-13(24)9-21(2,3)10-15(17)28-19(23)18(16)20(25)26-4/h6-8,16H,5,9-10,23H2,1-4H3/t16-/m0/s1. The minimum absolute atomic E-state index is 0.0384. The van der Waals surface area contributed by atoms with Crippen LogP contribution in [0.15, 0.2) is 45.5 Å². The summed E-state index contributed by atoms with van der Waals surface area (Å²) in [5.41, 5.74) is 7.14. The summed E-state index contributed by atoms with van der Waals surface area (Å²) in [6, 6.07) is 5.50. The van der Waals surface area contributed by atoms with Gasteiger partial charge in [-0.3, -0.25) is 4.79 Å². The Kier molecular flexibility index (Phi) is 5.57. The van der Waals surface area contributed by atoms with E-state index in [4.69, 9.17) is 19.9 Å². The Bertz CT molecular complexity index is 900. The number of hydrogen-bond acceptors (Lipinski definition) is 6. The average Bonchev–Trinajstić information content (AvgIpc) is 2.60. The fourth-order valence-electron chi connectivity index (χ4n) is 3.84. The first kappa shape index (κ1) is 20.5. The van der Waals surface area contributed by atoms with Crippen LogP contribution in [-0.2, 0) is 19.1 Å². The van der Waals surface area contributed by atoms with E-state index >= 15 is 0 Å². The average molecular weight is 450 g/mol. The van der Waals surface area contributed by atoms with Gasteiger partial charge in [0.05, 0.1) is 19.6 Å². The smallest absolute Gasteiger partial charge is 0.340 e. The third-order valence-corrected chi connectivity index (χ3v) is 5.44. The molecule has 0 unspecified atom stereocenters. The van der Waals surface area contributed by atoms with Crippen molar-refractivity contribution in [3.05, 3.63) is 51.0 Å². The summed E-state index contributed by atoms with van der Waals surface area (Å²) >= 11 is 3.47. The summed E-state index contributed by atoms with van der Waals surface area (Å²) < 4.78 is 17.3. The van der Waals surface area contributed by atoms with Crippen LogP contribution < -0.4 is 10.5 Å². The van der Waals surface area contributed by atoms with Crippen LogP contribution in [0, 0.1) is 5.41 Å². The Morgan fingerprint density at radius 3 is 2.71 bits per heavy atom. The first-order valence-electron chi connectivity index (χ1n) is 9.12. The van der Waals surface area contributed by atoms with E-state index in [2.05, 4.69) is 15.9 Å². The van der Waals surface area contributed by atoms with Crippen LogP contribution in [0.4, 0.5) is 0 Å². The molecule has 1 heterocycles. The molecular weight excluding hydrogens is 426 g/mol. The Morgan fingerprint density at radius 1 is 1.36 bits per heavy atom. The number of ketones is 1. The summed E-state index contributed by atoms with van der Waals surface area (Å²) in [7, 11) is 1.28. The van der Waals surface area contributed by atoms with Gasteiger partial charge in [-0.15, -0.1) is 0 Å². The molecule has 1 aromatic rings. The molecule has 0 amide bonds. The predicted octanol–water partition coefficient (Wildman–Crippen LogP) is 3.95. The lowest BCUT2D eigenvalue weighted by atomic mass is 9.70. The van der Waals surface area contributed by atoms with Crippen molar-refractivity contribution < 1.29 is 23.8 Å². The molecule has 0 radical (unpaired) electrons. The summed E-state index contributed by atoms with van der Waals surface area (Å²) in [6.07, 6.45) is 0.912. The normalized spacial score (nSPS) is 21.2. The summed E-state index contributed by atoms with van der Waals surface area (Å²) in [5, 5.41) is 0. The molecule has 0 saturated heterocycles. The maximum Gasteiger partial charge on any atom is 0.340 e. The molecule has 0 bridgehead atoms. The van der Waals surface area contributed by atoms with E-state index in [9.17, 15) is 9.59 Å². The van der Waals surface area contributed by atoms with Crippen LogP contribution in [0.25, 0.3) is 0 Å². The molecule has 3 rings (SSSR count). The van der Waals surface area contributed by atoms with Gasteiger partial charge in [-0.05, 0) is 30.5 Å².